The molecule has 0 spiro atoms. The van der Waals surface area contributed by atoms with Crippen molar-refractivity contribution in [2.75, 3.05) is 6.61 Å². The van der Waals surface area contributed by atoms with Gasteiger partial charge in [-0.3, -0.25) is 4.79 Å². The zero-order valence-electron chi connectivity index (χ0n) is 12.7. The van der Waals surface area contributed by atoms with E-state index in [0.717, 1.165) is 12.8 Å². The molecule has 3 nitrogen and oxygen atoms in total. The number of hydrogen-bond acceptors (Lipinski definition) is 3. The summed E-state index contributed by atoms with van der Waals surface area (Å²) >= 11 is 0. The standard InChI is InChI=1S/C15H30FNO2/c1-4-5-6-7-8-9-10-11-19-14(18)13(17)12-15(2,3)16/h13H,4-12,17H2,1-3H3/t13-/m0/s1. The summed E-state index contributed by atoms with van der Waals surface area (Å²) in [6, 6.07) is -0.857. The van der Waals surface area contributed by atoms with E-state index in [9.17, 15) is 9.18 Å². The fraction of sp³-hybridized carbons (Fsp3) is 0.933. The maximum Gasteiger partial charge on any atom is 0.323 e. The summed E-state index contributed by atoms with van der Waals surface area (Å²) in [6.07, 6.45) is 8.20. The van der Waals surface area contributed by atoms with Crippen molar-refractivity contribution >= 4 is 5.97 Å². The number of hydrogen-bond donors (Lipinski definition) is 1. The summed E-state index contributed by atoms with van der Waals surface area (Å²) in [5, 5.41) is 0. The minimum Gasteiger partial charge on any atom is -0.465 e. The molecule has 0 aliphatic rings. The zero-order valence-corrected chi connectivity index (χ0v) is 12.7. The van der Waals surface area contributed by atoms with Crippen LogP contribution in [0.4, 0.5) is 4.39 Å². The third-order valence-corrected chi connectivity index (χ3v) is 3.00. The van der Waals surface area contributed by atoms with Gasteiger partial charge in [-0.2, -0.15) is 0 Å². The molecular formula is C15H30FNO2. The van der Waals surface area contributed by atoms with Crippen LogP contribution in [-0.2, 0) is 9.53 Å². The van der Waals surface area contributed by atoms with Gasteiger partial charge in [-0.15, -0.1) is 0 Å². The molecule has 0 aliphatic heterocycles. The number of alkyl halides is 1. The fourth-order valence-corrected chi connectivity index (χ4v) is 1.95. The van der Waals surface area contributed by atoms with E-state index in [1.165, 1.54) is 46.0 Å². The SMILES string of the molecule is CCCCCCCCCOC(=O)[C@@H](N)CC(C)(C)F. The summed E-state index contributed by atoms with van der Waals surface area (Å²) in [5.74, 6) is -0.489. The van der Waals surface area contributed by atoms with Gasteiger partial charge in [0.05, 0.1) is 6.61 Å². The van der Waals surface area contributed by atoms with Gasteiger partial charge in [0, 0.05) is 6.42 Å². The molecule has 19 heavy (non-hydrogen) atoms. The Labute approximate surface area is 117 Å². The first-order chi connectivity index (χ1) is 8.87. The lowest BCUT2D eigenvalue weighted by molar-refractivity contribution is -0.146. The van der Waals surface area contributed by atoms with Crippen LogP contribution in [0.5, 0.6) is 0 Å². The van der Waals surface area contributed by atoms with Crippen LogP contribution < -0.4 is 5.73 Å². The monoisotopic (exact) mass is 275 g/mol. The molecule has 2 N–H and O–H groups in total. The minimum atomic E-state index is -1.43. The van der Waals surface area contributed by atoms with E-state index >= 15 is 0 Å². The molecule has 4 heteroatoms. The maximum absolute atomic E-state index is 13.3. The Balaban J connectivity index is 3.48. The Morgan fingerprint density at radius 3 is 2.21 bits per heavy atom. The third-order valence-electron chi connectivity index (χ3n) is 3.00. The number of esters is 1. The molecule has 0 radical (unpaired) electrons. The van der Waals surface area contributed by atoms with Crippen LogP contribution in [0.1, 0.15) is 72.1 Å². The zero-order chi connectivity index (χ0) is 14.7. The first-order valence-corrected chi connectivity index (χ1v) is 7.48. The Hall–Kier alpha value is -0.640. The largest absolute Gasteiger partial charge is 0.465 e. The molecule has 0 unspecified atom stereocenters. The number of halogens is 1. The van der Waals surface area contributed by atoms with Crippen molar-refractivity contribution in [1.29, 1.82) is 0 Å². The lowest BCUT2D eigenvalue weighted by atomic mass is 10.0. The highest BCUT2D eigenvalue weighted by Gasteiger charge is 2.25. The Bertz CT molecular complexity index is 239. The molecule has 0 saturated carbocycles. The summed E-state index contributed by atoms with van der Waals surface area (Å²) in [5.41, 5.74) is 4.15. The molecule has 114 valence electrons. The molecule has 0 fully saturated rings. The highest BCUT2D eigenvalue weighted by Crippen LogP contribution is 2.16. The first-order valence-electron chi connectivity index (χ1n) is 7.48. The van der Waals surface area contributed by atoms with Crippen LogP contribution in [0.3, 0.4) is 0 Å². The Morgan fingerprint density at radius 1 is 1.16 bits per heavy atom. The number of carbonyl (C=O) groups is 1. The predicted molar refractivity (Wildman–Crippen MR) is 76.7 cm³/mol. The highest BCUT2D eigenvalue weighted by molar-refractivity contribution is 5.75. The van der Waals surface area contributed by atoms with E-state index in [0.29, 0.717) is 6.61 Å². The van der Waals surface area contributed by atoms with Crippen LogP contribution in [0.15, 0.2) is 0 Å². The van der Waals surface area contributed by atoms with Crippen molar-refractivity contribution in [3.63, 3.8) is 0 Å². The molecule has 0 rings (SSSR count). The van der Waals surface area contributed by atoms with Crippen LogP contribution in [0, 0.1) is 0 Å². The van der Waals surface area contributed by atoms with Crippen LogP contribution in [-0.4, -0.2) is 24.3 Å². The van der Waals surface area contributed by atoms with E-state index in [4.69, 9.17) is 10.5 Å². The second-order valence-corrected chi connectivity index (χ2v) is 5.82. The van der Waals surface area contributed by atoms with Gasteiger partial charge in [-0.1, -0.05) is 45.4 Å². The molecule has 0 bridgehead atoms. The first kappa shape index (κ1) is 18.4. The van der Waals surface area contributed by atoms with Crippen LogP contribution >= 0.6 is 0 Å². The topological polar surface area (TPSA) is 52.3 Å². The van der Waals surface area contributed by atoms with Gasteiger partial charge >= 0.3 is 5.97 Å². The van der Waals surface area contributed by atoms with Crippen LogP contribution in [0.2, 0.25) is 0 Å². The Kier molecular flexibility index (Phi) is 9.84. The maximum atomic E-state index is 13.3. The van der Waals surface area contributed by atoms with E-state index < -0.39 is 17.7 Å². The molecule has 0 aromatic carbocycles. The molecule has 0 heterocycles. The lowest BCUT2D eigenvalue weighted by Crippen LogP contribution is -2.37. The lowest BCUT2D eigenvalue weighted by Gasteiger charge is -2.18. The average molecular weight is 275 g/mol. The summed E-state index contributed by atoms with van der Waals surface area (Å²) in [4.78, 5) is 11.5. The van der Waals surface area contributed by atoms with Crippen LogP contribution in [0.25, 0.3) is 0 Å². The Morgan fingerprint density at radius 2 is 1.68 bits per heavy atom. The molecule has 0 amide bonds. The van der Waals surface area contributed by atoms with Crippen molar-refractivity contribution in [2.24, 2.45) is 5.73 Å². The highest BCUT2D eigenvalue weighted by atomic mass is 19.1. The molecule has 0 aromatic heterocycles. The quantitative estimate of drug-likeness (QED) is 0.461. The van der Waals surface area contributed by atoms with E-state index in [1.54, 1.807) is 0 Å². The molecule has 0 aliphatic carbocycles. The number of nitrogens with two attached hydrogens (primary N) is 1. The van der Waals surface area contributed by atoms with Gasteiger partial charge in [-0.25, -0.2) is 4.39 Å². The third kappa shape index (κ3) is 12.2. The molecule has 0 aromatic rings. The van der Waals surface area contributed by atoms with Crippen molar-refractivity contribution in [3.05, 3.63) is 0 Å². The van der Waals surface area contributed by atoms with Gasteiger partial charge in [0.25, 0.3) is 0 Å². The average Bonchev–Trinajstić information content (AvgIpc) is 2.30. The van der Waals surface area contributed by atoms with E-state index in [-0.39, 0.29) is 6.42 Å². The van der Waals surface area contributed by atoms with Gasteiger partial charge in [0.1, 0.15) is 11.7 Å². The summed E-state index contributed by atoms with van der Waals surface area (Å²) < 4.78 is 18.3. The van der Waals surface area contributed by atoms with Gasteiger partial charge < -0.3 is 10.5 Å². The second-order valence-electron chi connectivity index (χ2n) is 5.82. The van der Waals surface area contributed by atoms with Crippen molar-refractivity contribution < 1.29 is 13.9 Å². The van der Waals surface area contributed by atoms with Gasteiger partial charge in [0.15, 0.2) is 0 Å². The van der Waals surface area contributed by atoms with E-state index in [2.05, 4.69) is 6.92 Å². The van der Waals surface area contributed by atoms with Crippen molar-refractivity contribution in [2.45, 2.75) is 83.8 Å². The smallest absolute Gasteiger partial charge is 0.323 e. The van der Waals surface area contributed by atoms with Crippen molar-refractivity contribution in [1.82, 2.24) is 0 Å². The van der Waals surface area contributed by atoms with Gasteiger partial charge in [0.2, 0.25) is 0 Å². The summed E-state index contributed by atoms with van der Waals surface area (Å²) in [7, 11) is 0. The normalized spacial score (nSPS) is 13.3. The van der Waals surface area contributed by atoms with E-state index in [1.807, 2.05) is 0 Å². The molecular weight excluding hydrogens is 245 g/mol. The predicted octanol–water partition coefficient (Wildman–Crippen LogP) is 3.75. The molecule has 0 saturated heterocycles. The van der Waals surface area contributed by atoms with Crippen molar-refractivity contribution in [3.8, 4) is 0 Å². The number of unbranched alkanes of at least 4 members (excludes halogenated alkanes) is 6. The van der Waals surface area contributed by atoms with Gasteiger partial charge in [-0.05, 0) is 20.3 Å². The number of ether oxygens (including phenoxy) is 1. The minimum absolute atomic E-state index is 0.00283. The molecule has 1 atom stereocenters. The number of rotatable bonds is 11. The second kappa shape index (κ2) is 10.2. The number of carbonyl (C=O) groups excluding carboxylic acids is 1. The summed E-state index contributed by atoms with van der Waals surface area (Å²) in [6.45, 7) is 5.42. The fourth-order valence-electron chi connectivity index (χ4n) is 1.95.